The Hall–Kier alpha value is -3.11. The largest absolute Gasteiger partial charge is 0.508 e. The summed E-state index contributed by atoms with van der Waals surface area (Å²) in [6, 6.07) is 24.0. The normalized spacial score (nSPS) is 18.9. The van der Waals surface area contributed by atoms with Crippen molar-refractivity contribution in [3.8, 4) is 11.5 Å². The zero-order valence-corrected chi connectivity index (χ0v) is 16.8. The van der Waals surface area contributed by atoms with Crippen molar-refractivity contribution in [1.29, 1.82) is 0 Å². The number of para-hydroxylation sites is 1. The van der Waals surface area contributed by atoms with E-state index in [1.54, 1.807) is 6.07 Å². The topological polar surface area (TPSA) is 53.8 Å². The zero-order valence-electron chi connectivity index (χ0n) is 16.8. The Balaban J connectivity index is 1.71. The smallest absolute Gasteiger partial charge is 0.126 e. The molecule has 0 radical (unpaired) electrons. The van der Waals surface area contributed by atoms with Crippen LogP contribution in [0.1, 0.15) is 47.8 Å². The molecule has 0 aromatic heterocycles. The summed E-state index contributed by atoms with van der Waals surface area (Å²) in [4.78, 5) is 5.02. The van der Waals surface area contributed by atoms with Gasteiger partial charge in [0.1, 0.15) is 17.7 Å². The van der Waals surface area contributed by atoms with Crippen LogP contribution in [0.3, 0.4) is 0 Å². The number of aliphatic imine (C=N–C) groups is 1. The van der Waals surface area contributed by atoms with Crippen molar-refractivity contribution in [1.82, 2.24) is 5.32 Å². The first-order valence-corrected chi connectivity index (χ1v) is 10.0. The predicted octanol–water partition coefficient (Wildman–Crippen LogP) is 5.32. The van der Waals surface area contributed by atoms with Crippen molar-refractivity contribution in [2.24, 2.45) is 4.99 Å². The number of aryl methyl sites for hydroxylation is 1. The van der Waals surface area contributed by atoms with Gasteiger partial charge in [0.25, 0.3) is 0 Å². The van der Waals surface area contributed by atoms with Gasteiger partial charge < -0.3 is 9.84 Å². The van der Waals surface area contributed by atoms with E-state index in [2.05, 4.69) is 48.6 Å². The van der Waals surface area contributed by atoms with Gasteiger partial charge in [-0.05, 0) is 55.3 Å². The molecule has 3 aromatic rings. The van der Waals surface area contributed by atoms with Crippen molar-refractivity contribution in [2.45, 2.75) is 32.5 Å². The molecule has 0 amide bonds. The standard InChI is InChI=1S/C25H26N2O2/c1-3-29-20-14-12-18(13-15-20)22-16-23(21-6-4-5-7-24(21)28)27-25(26-22)19-10-8-17(2)9-11-19/h4-15,23,25,27-28H,3,16H2,1-2H3. The highest BCUT2D eigenvalue weighted by Crippen LogP contribution is 2.34. The second-order valence-corrected chi connectivity index (χ2v) is 7.33. The minimum Gasteiger partial charge on any atom is -0.508 e. The van der Waals surface area contributed by atoms with E-state index in [4.69, 9.17) is 9.73 Å². The summed E-state index contributed by atoms with van der Waals surface area (Å²) < 4.78 is 5.57. The van der Waals surface area contributed by atoms with Crippen LogP contribution in [0.15, 0.2) is 77.8 Å². The van der Waals surface area contributed by atoms with Gasteiger partial charge in [0, 0.05) is 23.7 Å². The van der Waals surface area contributed by atoms with E-state index in [1.165, 1.54) is 5.56 Å². The summed E-state index contributed by atoms with van der Waals surface area (Å²) >= 11 is 0. The average molecular weight is 386 g/mol. The third-order valence-corrected chi connectivity index (χ3v) is 5.25. The summed E-state index contributed by atoms with van der Waals surface area (Å²) in [5.74, 6) is 1.17. The first-order valence-electron chi connectivity index (χ1n) is 10.0. The van der Waals surface area contributed by atoms with Crippen LogP contribution in [0.2, 0.25) is 0 Å². The molecule has 0 bridgehead atoms. The molecule has 1 heterocycles. The Labute approximate surface area is 171 Å². The molecule has 0 spiro atoms. The minimum atomic E-state index is -0.171. The number of rotatable bonds is 5. The van der Waals surface area contributed by atoms with Crippen molar-refractivity contribution >= 4 is 5.71 Å². The number of aromatic hydroxyl groups is 1. The molecule has 0 saturated heterocycles. The van der Waals surface area contributed by atoms with E-state index in [-0.39, 0.29) is 12.2 Å². The lowest BCUT2D eigenvalue weighted by Gasteiger charge is -2.31. The van der Waals surface area contributed by atoms with Gasteiger partial charge >= 0.3 is 0 Å². The summed E-state index contributed by atoms with van der Waals surface area (Å²) in [6.07, 6.45) is 0.531. The first kappa shape index (κ1) is 19.2. The lowest BCUT2D eigenvalue weighted by Crippen LogP contribution is -2.33. The van der Waals surface area contributed by atoms with E-state index in [1.807, 2.05) is 37.3 Å². The molecule has 29 heavy (non-hydrogen) atoms. The minimum absolute atomic E-state index is 0.0263. The monoisotopic (exact) mass is 386 g/mol. The Kier molecular flexibility index (Phi) is 5.63. The van der Waals surface area contributed by atoms with Crippen LogP contribution in [0.5, 0.6) is 11.5 Å². The molecule has 2 N–H and O–H groups in total. The van der Waals surface area contributed by atoms with Crippen molar-refractivity contribution in [2.75, 3.05) is 6.61 Å². The Bertz CT molecular complexity index is 994. The Morgan fingerprint density at radius 1 is 1.00 bits per heavy atom. The summed E-state index contributed by atoms with van der Waals surface area (Å²) in [6.45, 7) is 4.71. The molecule has 2 atom stereocenters. The average Bonchev–Trinajstić information content (AvgIpc) is 2.75. The third-order valence-electron chi connectivity index (χ3n) is 5.25. The van der Waals surface area contributed by atoms with Gasteiger partial charge in [0.15, 0.2) is 0 Å². The lowest BCUT2D eigenvalue weighted by molar-refractivity contribution is 0.340. The van der Waals surface area contributed by atoms with E-state index >= 15 is 0 Å². The number of nitrogens with zero attached hydrogens (tertiary/aromatic N) is 1. The fourth-order valence-electron chi connectivity index (χ4n) is 3.69. The molecular weight excluding hydrogens is 360 g/mol. The van der Waals surface area contributed by atoms with Gasteiger partial charge in [-0.3, -0.25) is 10.3 Å². The van der Waals surface area contributed by atoms with Crippen LogP contribution in [0.25, 0.3) is 0 Å². The quantitative estimate of drug-likeness (QED) is 0.624. The van der Waals surface area contributed by atoms with E-state index < -0.39 is 0 Å². The highest BCUT2D eigenvalue weighted by atomic mass is 16.5. The molecule has 2 unspecified atom stereocenters. The van der Waals surface area contributed by atoms with Gasteiger partial charge in [-0.25, -0.2) is 0 Å². The third kappa shape index (κ3) is 4.33. The highest BCUT2D eigenvalue weighted by Gasteiger charge is 2.27. The predicted molar refractivity (Wildman–Crippen MR) is 117 cm³/mol. The van der Waals surface area contributed by atoms with Crippen molar-refractivity contribution in [3.05, 3.63) is 95.1 Å². The maximum Gasteiger partial charge on any atom is 0.126 e. The fraction of sp³-hybridized carbons (Fsp3) is 0.240. The van der Waals surface area contributed by atoms with Crippen LogP contribution in [-0.2, 0) is 0 Å². The molecule has 4 nitrogen and oxygen atoms in total. The lowest BCUT2D eigenvalue weighted by atomic mass is 9.93. The number of ether oxygens (including phenoxy) is 1. The summed E-state index contributed by atoms with van der Waals surface area (Å²) in [5, 5.41) is 14.0. The second-order valence-electron chi connectivity index (χ2n) is 7.33. The Morgan fingerprint density at radius 2 is 1.72 bits per heavy atom. The SMILES string of the molecule is CCOc1ccc(C2=NC(c3ccc(C)cc3)NC(c3ccccc3O)C2)cc1. The molecular formula is C25H26N2O2. The molecule has 148 valence electrons. The summed E-state index contributed by atoms with van der Waals surface area (Å²) in [5.41, 5.74) is 5.32. The van der Waals surface area contributed by atoms with E-state index in [0.29, 0.717) is 18.8 Å². The van der Waals surface area contributed by atoms with Crippen LogP contribution in [0.4, 0.5) is 0 Å². The Morgan fingerprint density at radius 3 is 2.41 bits per heavy atom. The van der Waals surface area contributed by atoms with Crippen molar-refractivity contribution in [3.63, 3.8) is 0 Å². The maximum atomic E-state index is 10.4. The van der Waals surface area contributed by atoms with Gasteiger partial charge in [-0.2, -0.15) is 0 Å². The first-order chi connectivity index (χ1) is 14.1. The molecule has 1 aliphatic rings. The van der Waals surface area contributed by atoms with Crippen LogP contribution < -0.4 is 10.1 Å². The molecule has 3 aromatic carbocycles. The van der Waals surface area contributed by atoms with Gasteiger partial charge in [0.05, 0.1) is 6.61 Å². The van der Waals surface area contributed by atoms with Crippen LogP contribution in [-0.4, -0.2) is 17.4 Å². The van der Waals surface area contributed by atoms with Gasteiger partial charge in [-0.15, -0.1) is 0 Å². The molecule has 4 rings (SSSR count). The molecule has 0 aliphatic carbocycles. The number of phenols is 1. The summed E-state index contributed by atoms with van der Waals surface area (Å²) in [7, 11) is 0. The van der Waals surface area contributed by atoms with Gasteiger partial charge in [0.2, 0.25) is 0 Å². The van der Waals surface area contributed by atoms with Crippen molar-refractivity contribution < 1.29 is 9.84 Å². The van der Waals surface area contributed by atoms with Crippen LogP contribution >= 0.6 is 0 Å². The number of phenolic OH excluding ortho intramolecular Hbond substituents is 1. The molecule has 1 aliphatic heterocycles. The van der Waals surface area contributed by atoms with Crippen LogP contribution in [0, 0.1) is 6.92 Å². The zero-order chi connectivity index (χ0) is 20.2. The number of nitrogens with one attached hydrogen (secondary N) is 1. The fourth-order valence-corrected chi connectivity index (χ4v) is 3.69. The maximum absolute atomic E-state index is 10.4. The highest BCUT2D eigenvalue weighted by molar-refractivity contribution is 6.01. The number of hydrogen-bond acceptors (Lipinski definition) is 4. The van der Waals surface area contributed by atoms with E-state index in [9.17, 15) is 5.11 Å². The van der Waals surface area contributed by atoms with Gasteiger partial charge in [-0.1, -0.05) is 48.0 Å². The number of benzene rings is 3. The second kappa shape index (κ2) is 8.50. The van der Waals surface area contributed by atoms with E-state index in [0.717, 1.165) is 28.2 Å². The molecule has 0 saturated carbocycles. The molecule has 0 fully saturated rings. The number of hydrogen-bond donors (Lipinski definition) is 2. The molecule has 4 heteroatoms.